The van der Waals surface area contributed by atoms with E-state index in [1.165, 1.54) is 5.56 Å². The molecule has 2 rings (SSSR count). The van der Waals surface area contributed by atoms with Gasteiger partial charge in [-0.05, 0) is 49.9 Å². The van der Waals surface area contributed by atoms with E-state index in [0.29, 0.717) is 18.4 Å². The monoisotopic (exact) mass is 248 g/mol. The van der Waals surface area contributed by atoms with Gasteiger partial charge in [-0.2, -0.15) is 0 Å². The highest BCUT2D eigenvalue weighted by Crippen LogP contribution is 2.29. The Hall–Kier alpha value is -1.42. The van der Waals surface area contributed by atoms with Crippen LogP contribution in [0.4, 0.5) is 0 Å². The first-order chi connectivity index (χ1) is 8.66. The van der Waals surface area contributed by atoms with Crippen molar-refractivity contribution in [2.24, 2.45) is 5.92 Å². The summed E-state index contributed by atoms with van der Waals surface area (Å²) in [5, 5.41) is 8.71. The standard InChI is InChI=1S/C14H20N2O2/c1-11(13-4-7-15-8-5-13)16-9-6-12(10-16)2-3-14(17)18/h4-5,7-8,11-12H,2-3,6,9-10H2,1H3,(H,17,18). The molecule has 1 aliphatic rings. The highest BCUT2D eigenvalue weighted by Gasteiger charge is 2.26. The molecular formula is C14H20N2O2. The van der Waals surface area contributed by atoms with Crippen LogP contribution in [-0.4, -0.2) is 34.0 Å². The Morgan fingerprint density at radius 2 is 2.28 bits per heavy atom. The molecule has 0 aromatic carbocycles. The van der Waals surface area contributed by atoms with Gasteiger partial charge < -0.3 is 5.11 Å². The first-order valence-electron chi connectivity index (χ1n) is 6.52. The summed E-state index contributed by atoms with van der Waals surface area (Å²) in [5.74, 6) is -0.152. The number of aliphatic carboxylic acids is 1. The van der Waals surface area contributed by atoms with E-state index >= 15 is 0 Å². The van der Waals surface area contributed by atoms with Gasteiger partial charge in [0.25, 0.3) is 0 Å². The van der Waals surface area contributed by atoms with Gasteiger partial charge in [0.15, 0.2) is 0 Å². The molecule has 0 spiro atoms. The molecule has 1 aromatic heterocycles. The van der Waals surface area contributed by atoms with Crippen molar-refractivity contribution in [3.05, 3.63) is 30.1 Å². The van der Waals surface area contributed by atoms with Gasteiger partial charge in [-0.1, -0.05) is 0 Å². The minimum Gasteiger partial charge on any atom is -0.481 e. The summed E-state index contributed by atoms with van der Waals surface area (Å²) in [6.45, 7) is 4.28. The maximum Gasteiger partial charge on any atom is 0.303 e. The highest BCUT2D eigenvalue weighted by atomic mass is 16.4. The van der Waals surface area contributed by atoms with Crippen LogP contribution in [0.1, 0.15) is 37.8 Å². The van der Waals surface area contributed by atoms with Gasteiger partial charge in [0.2, 0.25) is 0 Å². The number of aromatic nitrogens is 1. The molecule has 4 nitrogen and oxygen atoms in total. The number of carboxylic acids is 1. The van der Waals surface area contributed by atoms with Crippen LogP contribution in [0.25, 0.3) is 0 Å². The van der Waals surface area contributed by atoms with Crippen LogP contribution in [0.2, 0.25) is 0 Å². The molecule has 1 aliphatic heterocycles. The summed E-state index contributed by atoms with van der Waals surface area (Å²) in [5.41, 5.74) is 1.28. The fourth-order valence-corrected chi connectivity index (χ4v) is 2.63. The first-order valence-corrected chi connectivity index (χ1v) is 6.52. The number of hydrogen-bond donors (Lipinski definition) is 1. The molecule has 0 amide bonds. The van der Waals surface area contributed by atoms with E-state index in [1.807, 2.05) is 12.4 Å². The number of carboxylic acid groups (broad SMARTS) is 1. The SMILES string of the molecule is CC(c1ccncc1)N1CCC(CCC(=O)O)C1. The van der Waals surface area contributed by atoms with Crippen molar-refractivity contribution < 1.29 is 9.90 Å². The van der Waals surface area contributed by atoms with E-state index in [4.69, 9.17) is 5.11 Å². The molecule has 2 unspecified atom stereocenters. The molecule has 1 fully saturated rings. The minimum absolute atomic E-state index is 0.294. The molecule has 4 heteroatoms. The van der Waals surface area contributed by atoms with Crippen molar-refractivity contribution in [2.45, 2.75) is 32.2 Å². The highest BCUT2D eigenvalue weighted by molar-refractivity contribution is 5.66. The molecule has 0 saturated carbocycles. The van der Waals surface area contributed by atoms with Crippen LogP contribution in [0.5, 0.6) is 0 Å². The summed E-state index contributed by atoms with van der Waals surface area (Å²) in [4.78, 5) is 17.0. The van der Waals surface area contributed by atoms with Gasteiger partial charge in [-0.3, -0.25) is 14.7 Å². The third-order valence-electron chi connectivity index (χ3n) is 3.82. The molecule has 2 atom stereocenters. The summed E-state index contributed by atoms with van der Waals surface area (Å²) < 4.78 is 0. The Morgan fingerprint density at radius 3 is 2.94 bits per heavy atom. The molecule has 0 aliphatic carbocycles. The molecule has 0 radical (unpaired) electrons. The lowest BCUT2D eigenvalue weighted by molar-refractivity contribution is -0.137. The molecule has 0 bridgehead atoms. The fraction of sp³-hybridized carbons (Fsp3) is 0.571. The van der Waals surface area contributed by atoms with E-state index in [-0.39, 0.29) is 0 Å². The first kappa shape index (κ1) is 13.0. The Kier molecular flexibility index (Phi) is 4.31. The zero-order chi connectivity index (χ0) is 13.0. The van der Waals surface area contributed by atoms with E-state index in [0.717, 1.165) is 25.9 Å². The normalized spacial score (nSPS) is 21.9. The molecule has 98 valence electrons. The number of rotatable bonds is 5. The van der Waals surface area contributed by atoms with Crippen molar-refractivity contribution in [3.63, 3.8) is 0 Å². The largest absolute Gasteiger partial charge is 0.481 e. The zero-order valence-corrected chi connectivity index (χ0v) is 10.7. The number of hydrogen-bond acceptors (Lipinski definition) is 3. The maximum absolute atomic E-state index is 10.6. The predicted molar refractivity (Wildman–Crippen MR) is 69.2 cm³/mol. The summed E-state index contributed by atoms with van der Waals surface area (Å²) in [6, 6.07) is 4.49. The van der Waals surface area contributed by atoms with E-state index in [2.05, 4.69) is 28.9 Å². The molecule has 2 heterocycles. The van der Waals surface area contributed by atoms with Crippen LogP contribution < -0.4 is 0 Å². The van der Waals surface area contributed by atoms with Gasteiger partial charge >= 0.3 is 5.97 Å². The Bertz CT molecular complexity index is 394. The molecule has 1 saturated heterocycles. The Balaban J connectivity index is 1.87. The van der Waals surface area contributed by atoms with Crippen molar-refractivity contribution >= 4 is 5.97 Å². The van der Waals surface area contributed by atoms with E-state index < -0.39 is 5.97 Å². The van der Waals surface area contributed by atoms with Crippen LogP contribution >= 0.6 is 0 Å². The number of likely N-dealkylation sites (tertiary alicyclic amines) is 1. The van der Waals surface area contributed by atoms with Crippen LogP contribution in [-0.2, 0) is 4.79 Å². The Labute approximate surface area is 108 Å². The smallest absolute Gasteiger partial charge is 0.303 e. The average molecular weight is 248 g/mol. The van der Waals surface area contributed by atoms with Crippen molar-refractivity contribution in [1.82, 2.24) is 9.88 Å². The van der Waals surface area contributed by atoms with Crippen molar-refractivity contribution in [3.8, 4) is 0 Å². The number of nitrogens with zero attached hydrogens (tertiary/aromatic N) is 2. The van der Waals surface area contributed by atoms with Gasteiger partial charge in [0.05, 0.1) is 0 Å². The van der Waals surface area contributed by atoms with Crippen molar-refractivity contribution in [1.29, 1.82) is 0 Å². The molecular weight excluding hydrogens is 228 g/mol. The summed E-state index contributed by atoms with van der Waals surface area (Å²) >= 11 is 0. The third kappa shape index (κ3) is 3.29. The van der Waals surface area contributed by atoms with Gasteiger partial charge in [0.1, 0.15) is 0 Å². The quantitative estimate of drug-likeness (QED) is 0.869. The van der Waals surface area contributed by atoms with Gasteiger partial charge in [-0.25, -0.2) is 0 Å². The molecule has 18 heavy (non-hydrogen) atoms. The maximum atomic E-state index is 10.6. The van der Waals surface area contributed by atoms with Gasteiger partial charge in [-0.15, -0.1) is 0 Å². The van der Waals surface area contributed by atoms with Crippen LogP contribution in [0.3, 0.4) is 0 Å². The second-order valence-electron chi connectivity index (χ2n) is 5.04. The lowest BCUT2D eigenvalue weighted by Crippen LogP contribution is -2.24. The molecule has 1 aromatic rings. The second-order valence-corrected chi connectivity index (χ2v) is 5.04. The number of carbonyl (C=O) groups is 1. The lowest BCUT2D eigenvalue weighted by atomic mass is 10.0. The van der Waals surface area contributed by atoms with E-state index in [1.54, 1.807) is 0 Å². The lowest BCUT2D eigenvalue weighted by Gasteiger charge is -2.24. The average Bonchev–Trinajstić information content (AvgIpc) is 2.85. The summed E-state index contributed by atoms with van der Waals surface area (Å²) in [6.07, 6.45) is 5.85. The number of pyridine rings is 1. The predicted octanol–water partition coefficient (Wildman–Crippen LogP) is 2.33. The fourth-order valence-electron chi connectivity index (χ4n) is 2.63. The van der Waals surface area contributed by atoms with Gasteiger partial charge in [0, 0.05) is 31.4 Å². The molecule has 1 N–H and O–H groups in total. The van der Waals surface area contributed by atoms with E-state index in [9.17, 15) is 4.79 Å². The zero-order valence-electron chi connectivity index (χ0n) is 10.7. The van der Waals surface area contributed by atoms with Crippen LogP contribution in [0.15, 0.2) is 24.5 Å². The topological polar surface area (TPSA) is 53.4 Å². The summed E-state index contributed by atoms with van der Waals surface area (Å²) in [7, 11) is 0. The Morgan fingerprint density at radius 1 is 1.56 bits per heavy atom. The van der Waals surface area contributed by atoms with Crippen molar-refractivity contribution in [2.75, 3.05) is 13.1 Å². The third-order valence-corrected chi connectivity index (χ3v) is 3.82. The minimum atomic E-state index is -0.685. The second kappa shape index (κ2) is 5.96. The van der Waals surface area contributed by atoms with Crippen LogP contribution in [0, 0.1) is 5.92 Å².